The lowest BCUT2D eigenvalue weighted by Gasteiger charge is -2.19. The molecule has 0 spiro atoms. The van der Waals surface area contributed by atoms with E-state index in [0.29, 0.717) is 37.2 Å². The van der Waals surface area contributed by atoms with Crippen molar-refractivity contribution in [1.82, 2.24) is 14.5 Å². The van der Waals surface area contributed by atoms with Gasteiger partial charge >= 0.3 is 0 Å². The Bertz CT molecular complexity index is 1140. The number of thiophene rings is 1. The fourth-order valence-electron chi connectivity index (χ4n) is 2.90. The third kappa shape index (κ3) is 4.73. The number of ether oxygens (including phenoxy) is 1. The van der Waals surface area contributed by atoms with Gasteiger partial charge in [0.15, 0.2) is 5.13 Å². The first-order valence-electron chi connectivity index (χ1n) is 8.73. The van der Waals surface area contributed by atoms with Crippen LogP contribution in [-0.2, 0) is 6.54 Å². The monoisotopic (exact) mass is 502 g/mol. The van der Waals surface area contributed by atoms with Crippen LogP contribution in [-0.4, -0.2) is 34.1 Å². The minimum Gasteiger partial charge on any atom is -0.494 e. The second-order valence-corrected chi connectivity index (χ2v) is 9.24. The number of nitrogens with zero attached hydrogens (tertiary/aromatic N) is 4. The van der Waals surface area contributed by atoms with E-state index in [1.54, 1.807) is 48.8 Å². The number of fused-ring (bicyclic) bond motifs is 1. The predicted octanol–water partition coefficient (Wildman–Crippen LogP) is 6.03. The second kappa shape index (κ2) is 9.98. The van der Waals surface area contributed by atoms with Gasteiger partial charge in [-0.3, -0.25) is 9.69 Å². The van der Waals surface area contributed by atoms with E-state index in [2.05, 4.69) is 9.97 Å². The molecule has 0 aliphatic carbocycles. The average Bonchev–Trinajstić information content (AvgIpc) is 3.46. The van der Waals surface area contributed by atoms with Crippen LogP contribution in [0.15, 0.2) is 43.0 Å². The van der Waals surface area contributed by atoms with Gasteiger partial charge in [-0.1, -0.05) is 34.5 Å². The first-order chi connectivity index (χ1) is 14.1. The van der Waals surface area contributed by atoms with E-state index < -0.39 is 0 Å². The van der Waals surface area contributed by atoms with Gasteiger partial charge in [-0.05, 0) is 30.7 Å². The van der Waals surface area contributed by atoms with Crippen molar-refractivity contribution in [3.8, 4) is 5.75 Å². The maximum atomic E-state index is 13.2. The lowest BCUT2D eigenvalue weighted by Crippen LogP contribution is -2.31. The summed E-state index contributed by atoms with van der Waals surface area (Å²) in [7, 11) is 1.59. The SMILES string of the molecule is COc1ccc(Cl)c2sc(N(CCCn3ccnc3)C(=O)c3ccc(Cl)s3)nc12.Cl. The van der Waals surface area contributed by atoms with Crippen molar-refractivity contribution in [2.24, 2.45) is 0 Å². The number of carbonyl (C=O) groups excluding carboxylic acids is 1. The smallest absolute Gasteiger partial charge is 0.270 e. The lowest BCUT2D eigenvalue weighted by molar-refractivity contribution is 0.0990. The van der Waals surface area contributed by atoms with Gasteiger partial charge < -0.3 is 9.30 Å². The van der Waals surface area contributed by atoms with Crippen molar-refractivity contribution in [3.63, 3.8) is 0 Å². The van der Waals surface area contributed by atoms with Crippen LogP contribution in [0.4, 0.5) is 5.13 Å². The number of rotatable bonds is 7. The van der Waals surface area contributed by atoms with Crippen molar-refractivity contribution in [1.29, 1.82) is 0 Å². The van der Waals surface area contributed by atoms with Crippen LogP contribution in [0.3, 0.4) is 0 Å². The highest BCUT2D eigenvalue weighted by atomic mass is 35.5. The summed E-state index contributed by atoms with van der Waals surface area (Å²) in [5.41, 5.74) is 0.650. The Kier molecular flexibility index (Phi) is 7.60. The molecule has 30 heavy (non-hydrogen) atoms. The molecule has 1 aromatic carbocycles. The number of hydrogen-bond acceptors (Lipinski definition) is 6. The van der Waals surface area contributed by atoms with E-state index >= 15 is 0 Å². The molecule has 0 saturated carbocycles. The zero-order chi connectivity index (χ0) is 20.4. The summed E-state index contributed by atoms with van der Waals surface area (Å²) in [6, 6.07) is 7.01. The van der Waals surface area contributed by atoms with Crippen molar-refractivity contribution in [3.05, 3.63) is 57.2 Å². The van der Waals surface area contributed by atoms with Gasteiger partial charge in [-0.2, -0.15) is 0 Å². The van der Waals surface area contributed by atoms with Crippen LogP contribution in [0.1, 0.15) is 16.1 Å². The molecule has 0 N–H and O–H groups in total. The maximum Gasteiger partial charge on any atom is 0.270 e. The van der Waals surface area contributed by atoms with Gasteiger partial charge in [0.05, 0.1) is 32.4 Å². The minimum atomic E-state index is -0.137. The molecule has 6 nitrogen and oxygen atoms in total. The quantitative estimate of drug-likeness (QED) is 0.309. The number of halogens is 3. The summed E-state index contributed by atoms with van der Waals surface area (Å²) in [5.74, 6) is 0.485. The summed E-state index contributed by atoms with van der Waals surface area (Å²) >= 11 is 15.0. The Morgan fingerprint density at radius 2 is 2.07 bits per heavy atom. The van der Waals surface area contributed by atoms with Crippen molar-refractivity contribution in [2.75, 3.05) is 18.6 Å². The molecule has 11 heteroatoms. The molecule has 4 rings (SSSR count). The van der Waals surface area contributed by atoms with Crippen LogP contribution < -0.4 is 9.64 Å². The molecule has 0 atom stereocenters. The second-order valence-electron chi connectivity index (χ2n) is 6.14. The third-order valence-corrected chi connectivity index (χ3v) is 7.04. The van der Waals surface area contributed by atoms with E-state index in [9.17, 15) is 4.79 Å². The van der Waals surface area contributed by atoms with Crippen molar-refractivity contribution in [2.45, 2.75) is 13.0 Å². The molecule has 0 saturated heterocycles. The Balaban J connectivity index is 0.00000256. The first-order valence-corrected chi connectivity index (χ1v) is 11.1. The predicted molar refractivity (Wildman–Crippen MR) is 126 cm³/mol. The van der Waals surface area contributed by atoms with E-state index in [4.69, 9.17) is 27.9 Å². The Morgan fingerprint density at radius 1 is 1.23 bits per heavy atom. The zero-order valence-corrected chi connectivity index (χ0v) is 19.7. The van der Waals surface area contributed by atoms with Crippen molar-refractivity contribution < 1.29 is 9.53 Å². The Morgan fingerprint density at radius 3 is 2.73 bits per heavy atom. The van der Waals surface area contributed by atoms with Crippen LogP contribution in [0.2, 0.25) is 9.36 Å². The van der Waals surface area contributed by atoms with E-state index in [0.717, 1.165) is 17.7 Å². The molecule has 1 amide bonds. The first kappa shape index (κ1) is 22.8. The molecule has 3 aromatic heterocycles. The number of benzene rings is 1. The number of aryl methyl sites for hydroxylation is 1. The summed E-state index contributed by atoms with van der Waals surface area (Å²) in [4.78, 5) is 24.2. The topological polar surface area (TPSA) is 60.2 Å². The highest BCUT2D eigenvalue weighted by Crippen LogP contribution is 2.39. The number of imidazole rings is 1. The molecule has 0 radical (unpaired) electrons. The number of carbonyl (C=O) groups is 1. The van der Waals surface area contributed by atoms with Crippen LogP contribution >= 0.6 is 58.3 Å². The normalized spacial score (nSPS) is 10.8. The maximum absolute atomic E-state index is 13.2. The molecular weight excluding hydrogens is 487 g/mol. The van der Waals surface area contributed by atoms with Crippen molar-refractivity contribution >= 4 is 79.5 Å². The van der Waals surface area contributed by atoms with Gasteiger partial charge in [0.1, 0.15) is 11.3 Å². The van der Waals surface area contributed by atoms with E-state index in [1.807, 2.05) is 10.8 Å². The molecule has 158 valence electrons. The molecule has 0 unspecified atom stereocenters. The number of hydrogen-bond donors (Lipinski definition) is 0. The lowest BCUT2D eigenvalue weighted by atomic mass is 10.3. The van der Waals surface area contributed by atoms with Gasteiger partial charge in [0, 0.05) is 25.5 Å². The van der Waals surface area contributed by atoms with Gasteiger partial charge in [-0.25, -0.2) is 9.97 Å². The summed E-state index contributed by atoms with van der Waals surface area (Å²) in [5, 5.41) is 1.15. The largest absolute Gasteiger partial charge is 0.494 e. The fourth-order valence-corrected chi connectivity index (χ4v) is 5.17. The number of amides is 1. The van der Waals surface area contributed by atoms with E-state index in [1.165, 1.54) is 22.7 Å². The summed E-state index contributed by atoms with van der Waals surface area (Å²) < 4.78 is 8.75. The molecule has 0 bridgehead atoms. The Labute approximate surface area is 197 Å². The molecule has 3 heterocycles. The fraction of sp³-hybridized carbons (Fsp3) is 0.211. The molecule has 0 aliphatic heterocycles. The molecular formula is C19H17Cl3N4O2S2. The van der Waals surface area contributed by atoms with Crippen LogP contribution in [0.5, 0.6) is 5.75 Å². The van der Waals surface area contributed by atoms with Gasteiger partial charge in [0.2, 0.25) is 0 Å². The Hall–Kier alpha value is -1.84. The zero-order valence-electron chi connectivity index (χ0n) is 15.7. The van der Waals surface area contributed by atoms with Gasteiger partial charge in [0.25, 0.3) is 5.91 Å². The number of aromatic nitrogens is 3. The van der Waals surface area contributed by atoms with E-state index in [-0.39, 0.29) is 18.3 Å². The molecule has 4 aromatic rings. The molecule has 0 fully saturated rings. The third-order valence-electron chi connectivity index (χ3n) is 4.28. The number of anilines is 1. The van der Waals surface area contributed by atoms with Crippen LogP contribution in [0.25, 0.3) is 10.2 Å². The number of methoxy groups -OCH3 is 1. The van der Waals surface area contributed by atoms with Crippen LogP contribution in [0, 0.1) is 0 Å². The standard InChI is InChI=1S/C19H16Cl2N4O2S2.ClH/c1-27-13-4-3-12(20)17-16(13)23-19(29-17)25(9-2-8-24-10-7-22-11-24)18(26)14-5-6-15(21)28-14;/h3-7,10-11H,2,8-9H2,1H3;1H. The highest BCUT2D eigenvalue weighted by molar-refractivity contribution is 7.23. The summed E-state index contributed by atoms with van der Waals surface area (Å²) in [6.45, 7) is 1.23. The molecule has 0 aliphatic rings. The van der Waals surface area contributed by atoms with Gasteiger partial charge in [-0.15, -0.1) is 23.7 Å². The average molecular weight is 504 g/mol. The minimum absolute atomic E-state index is 0. The summed E-state index contributed by atoms with van der Waals surface area (Å²) in [6.07, 6.45) is 6.13. The highest BCUT2D eigenvalue weighted by Gasteiger charge is 2.24. The number of thiazole rings is 1.